The molecule has 2 aliphatic carbocycles. The average molecular weight is 305 g/mol. The Morgan fingerprint density at radius 1 is 1.18 bits per heavy atom. The second kappa shape index (κ2) is 6.11. The quantitative estimate of drug-likeness (QED) is 0.774. The van der Waals surface area contributed by atoms with Gasteiger partial charge in [0.25, 0.3) is 0 Å². The number of likely N-dealkylation sites (N-methyl/N-ethyl adjacent to an activating group) is 1. The topological polar surface area (TPSA) is 47.8 Å². The normalized spacial score (nSPS) is 37.3. The van der Waals surface area contributed by atoms with E-state index in [9.17, 15) is 0 Å². The van der Waals surface area contributed by atoms with Gasteiger partial charge in [0, 0.05) is 31.4 Å². The highest BCUT2D eigenvalue weighted by Gasteiger charge is 2.44. The fraction of sp³-hybridized carbons (Fsp3) is 0.882. The van der Waals surface area contributed by atoms with Crippen LogP contribution in [0.5, 0.6) is 0 Å². The monoisotopic (exact) mass is 305 g/mol. The van der Waals surface area contributed by atoms with Crippen molar-refractivity contribution in [3.8, 4) is 0 Å². The molecule has 22 heavy (non-hydrogen) atoms. The molecular formula is C17H31N5. The van der Waals surface area contributed by atoms with E-state index in [1.165, 1.54) is 38.5 Å². The highest BCUT2D eigenvalue weighted by molar-refractivity contribution is 5.21. The second-order valence-electron chi connectivity index (χ2n) is 7.59. The van der Waals surface area contributed by atoms with Crippen molar-refractivity contribution in [3.63, 3.8) is 0 Å². The first-order valence-electron chi connectivity index (χ1n) is 9.24. The van der Waals surface area contributed by atoms with Gasteiger partial charge in [-0.1, -0.05) is 19.8 Å². The molecule has 3 atom stereocenters. The first-order chi connectivity index (χ1) is 10.8. The van der Waals surface area contributed by atoms with Gasteiger partial charge in [-0.25, -0.2) is 15.9 Å². The van der Waals surface area contributed by atoms with Gasteiger partial charge in [0.15, 0.2) is 0 Å². The van der Waals surface area contributed by atoms with Crippen LogP contribution < -0.4 is 11.2 Å². The average Bonchev–Trinajstić information content (AvgIpc) is 2.49. The van der Waals surface area contributed by atoms with Crippen molar-refractivity contribution in [2.45, 2.75) is 57.5 Å². The molecule has 2 aliphatic heterocycles. The Kier molecular flexibility index (Phi) is 4.15. The molecule has 1 saturated heterocycles. The second-order valence-corrected chi connectivity index (χ2v) is 7.59. The van der Waals surface area contributed by atoms with Crippen LogP contribution in [0, 0.1) is 11.8 Å². The number of hydrogen-bond acceptors (Lipinski definition) is 5. The van der Waals surface area contributed by atoms with E-state index >= 15 is 0 Å². The minimum atomic E-state index is 0.613. The molecule has 2 heterocycles. The third kappa shape index (κ3) is 2.58. The zero-order chi connectivity index (χ0) is 15.1. The van der Waals surface area contributed by atoms with Gasteiger partial charge >= 0.3 is 0 Å². The first kappa shape index (κ1) is 14.9. The number of hydrazine groups is 2. The summed E-state index contributed by atoms with van der Waals surface area (Å²) in [6.45, 7) is 6.39. The van der Waals surface area contributed by atoms with Crippen LogP contribution in [-0.2, 0) is 0 Å². The van der Waals surface area contributed by atoms with Crippen LogP contribution in [0.4, 0.5) is 0 Å². The van der Waals surface area contributed by atoms with Crippen molar-refractivity contribution in [1.82, 2.24) is 20.3 Å². The lowest BCUT2D eigenvalue weighted by Crippen LogP contribution is -2.69. The summed E-state index contributed by atoms with van der Waals surface area (Å²) in [5.74, 6) is 7.96. The van der Waals surface area contributed by atoms with Gasteiger partial charge in [0.05, 0.1) is 6.67 Å². The number of fused-ring (bicyclic) bond motifs is 3. The molecule has 5 nitrogen and oxygen atoms in total. The van der Waals surface area contributed by atoms with E-state index in [4.69, 9.17) is 5.84 Å². The lowest BCUT2D eigenvalue weighted by atomic mass is 9.66. The molecule has 0 radical (unpaired) electrons. The lowest BCUT2D eigenvalue weighted by molar-refractivity contribution is -0.145. The minimum Gasteiger partial charge on any atom is -0.312 e. The van der Waals surface area contributed by atoms with Crippen LogP contribution in [0.2, 0.25) is 0 Å². The van der Waals surface area contributed by atoms with Crippen LogP contribution in [0.1, 0.15) is 45.4 Å². The van der Waals surface area contributed by atoms with Gasteiger partial charge in [0.1, 0.15) is 0 Å². The first-order valence-corrected chi connectivity index (χ1v) is 9.24. The van der Waals surface area contributed by atoms with Gasteiger partial charge in [-0.3, -0.25) is 0 Å². The van der Waals surface area contributed by atoms with Crippen LogP contribution in [0.25, 0.3) is 0 Å². The standard InChI is InChI=1S/C17H31N5/c1-2-19-14-9-21(10-14)22-12-20(18)11-16-15-6-4-3-5-13(15)7-8-17(16)22/h11,13-15,17,19H,2-10,12,18H2,1H3/t13-,15-,17?/m1/s1. The summed E-state index contributed by atoms with van der Waals surface area (Å²) in [7, 11) is 0. The molecule has 0 aromatic heterocycles. The SMILES string of the molecule is CCNC1CN(N2CN(N)C=C3C2CC[C@H]2CCCC[C@@H]32)C1. The third-order valence-corrected chi connectivity index (χ3v) is 6.23. The predicted molar refractivity (Wildman–Crippen MR) is 88.3 cm³/mol. The largest absolute Gasteiger partial charge is 0.312 e. The summed E-state index contributed by atoms with van der Waals surface area (Å²) in [5.41, 5.74) is 1.64. The van der Waals surface area contributed by atoms with Gasteiger partial charge in [0.2, 0.25) is 0 Å². The Balaban J connectivity index is 1.48. The fourth-order valence-corrected chi connectivity index (χ4v) is 5.15. The van der Waals surface area contributed by atoms with Crippen molar-refractivity contribution in [2.75, 3.05) is 26.3 Å². The molecular weight excluding hydrogens is 274 g/mol. The molecule has 1 unspecified atom stereocenters. The molecule has 2 saturated carbocycles. The van der Waals surface area contributed by atoms with E-state index in [-0.39, 0.29) is 0 Å². The predicted octanol–water partition coefficient (Wildman–Crippen LogP) is 1.50. The molecule has 3 N–H and O–H groups in total. The summed E-state index contributed by atoms with van der Waals surface area (Å²) in [4.78, 5) is 0. The number of rotatable bonds is 3. The Hall–Kier alpha value is -0.620. The lowest BCUT2D eigenvalue weighted by Gasteiger charge is -2.55. The van der Waals surface area contributed by atoms with Crippen LogP contribution in [0.15, 0.2) is 11.8 Å². The van der Waals surface area contributed by atoms with E-state index in [2.05, 4.69) is 28.5 Å². The van der Waals surface area contributed by atoms with Crippen LogP contribution in [0.3, 0.4) is 0 Å². The molecule has 5 heteroatoms. The van der Waals surface area contributed by atoms with Gasteiger partial charge in [-0.05, 0) is 49.6 Å². The minimum absolute atomic E-state index is 0.613. The van der Waals surface area contributed by atoms with Crippen molar-refractivity contribution in [1.29, 1.82) is 0 Å². The Morgan fingerprint density at radius 2 is 2.00 bits per heavy atom. The summed E-state index contributed by atoms with van der Waals surface area (Å²) < 4.78 is 0. The van der Waals surface area contributed by atoms with E-state index in [1.54, 1.807) is 5.57 Å². The van der Waals surface area contributed by atoms with Crippen molar-refractivity contribution >= 4 is 0 Å². The number of nitrogens with zero attached hydrogens (tertiary/aromatic N) is 3. The van der Waals surface area contributed by atoms with Crippen LogP contribution in [-0.4, -0.2) is 53.4 Å². The molecule has 0 aromatic carbocycles. The molecule has 4 rings (SSSR count). The van der Waals surface area contributed by atoms with Crippen molar-refractivity contribution < 1.29 is 0 Å². The smallest absolute Gasteiger partial charge is 0.0992 e. The zero-order valence-electron chi connectivity index (χ0n) is 13.9. The molecule has 124 valence electrons. The number of nitrogens with two attached hydrogens (primary N) is 1. The van der Waals surface area contributed by atoms with E-state index in [0.29, 0.717) is 12.1 Å². The number of hydrogen-bond donors (Lipinski definition) is 2. The van der Waals surface area contributed by atoms with Crippen molar-refractivity contribution in [2.24, 2.45) is 17.7 Å². The van der Waals surface area contributed by atoms with Gasteiger partial charge in [-0.15, -0.1) is 0 Å². The summed E-state index contributed by atoms with van der Waals surface area (Å²) in [5, 5.41) is 10.6. The van der Waals surface area contributed by atoms with E-state index in [0.717, 1.165) is 38.1 Å². The maximum absolute atomic E-state index is 6.24. The molecule has 3 fully saturated rings. The molecule has 0 amide bonds. The Labute approximate surface area is 134 Å². The summed E-state index contributed by atoms with van der Waals surface area (Å²) in [6, 6.07) is 1.28. The molecule has 0 spiro atoms. The van der Waals surface area contributed by atoms with E-state index < -0.39 is 0 Å². The maximum atomic E-state index is 6.24. The highest BCUT2D eigenvalue weighted by atomic mass is 15.7. The third-order valence-electron chi connectivity index (χ3n) is 6.23. The summed E-state index contributed by atoms with van der Waals surface area (Å²) >= 11 is 0. The van der Waals surface area contributed by atoms with E-state index in [1.807, 2.05) is 5.01 Å². The highest BCUT2D eigenvalue weighted by Crippen LogP contribution is 2.46. The van der Waals surface area contributed by atoms with Crippen LogP contribution >= 0.6 is 0 Å². The Bertz CT molecular complexity index is 431. The van der Waals surface area contributed by atoms with Gasteiger partial charge in [-0.2, -0.15) is 0 Å². The molecule has 0 bridgehead atoms. The number of nitrogens with one attached hydrogen (secondary N) is 1. The zero-order valence-corrected chi connectivity index (χ0v) is 13.9. The fourth-order valence-electron chi connectivity index (χ4n) is 5.15. The summed E-state index contributed by atoms with van der Waals surface area (Å²) in [6.07, 6.45) is 10.7. The van der Waals surface area contributed by atoms with Crippen molar-refractivity contribution in [3.05, 3.63) is 11.8 Å². The van der Waals surface area contributed by atoms with Gasteiger partial charge < -0.3 is 10.3 Å². The molecule has 4 aliphatic rings. The Morgan fingerprint density at radius 3 is 2.82 bits per heavy atom. The maximum Gasteiger partial charge on any atom is 0.0992 e. The molecule has 0 aromatic rings.